The number of β-amino-alcohol motifs (C(OH)–C–C–N with tert-alkyl or cyclic N) is 1. The van der Waals surface area contributed by atoms with Crippen LogP contribution in [0.2, 0.25) is 0 Å². The summed E-state index contributed by atoms with van der Waals surface area (Å²) < 4.78 is 5.97. The quantitative estimate of drug-likeness (QED) is 0.567. The fourth-order valence-corrected chi connectivity index (χ4v) is 9.33. The molecule has 0 bridgehead atoms. The topological polar surface area (TPSA) is 105 Å². The molecule has 1 aliphatic heterocycles. The van der Waals surface area contributed by atoms with Gasteiger partial charge in [0.25, 0.3) is 0 Å². The Morgan fingerprint density at radius 3 is 2.56 bits per heavy atom. The number of hydrogen-bond acceptors (Lipinski definition) is 5. The van der Waals surface area contributed by atoms with Gasteiger partial charge in [-0.2, -0.15) is 0 Å². The van der Waals surface area contributed by atoms with Gasteiger partial charge >= 0.3 is 6.09 Å². The molecule has 4 N–H and O–H groups in total. The van der Waals surface area contributed by atoms with Gasteiger partial charge in [0.05, 0.1) is 6.10 Å². The molecule has 7 nitrogen and oxygen atoms in total. The zero-order valence-electron chi connectivity index (χ0n) is 21.4. The minimum atomic E-state index is -0.426. The lowest BCUT2D eigenvalue weighted by atomic mass is 9.42. The average molecular weight is 476 g/mol. The Morgan fingerprint density at radius 1 is 1.03 bits per heavy atom. The second-order valence-electron chi connectivity index (χ2n) is 12.7. The van der Waals surface area contributed by atoms with E-state index in [9.17, 15) is 14.7 Å². The van der Waals surface area contributed by atoms with Crippen LogP contribution in [0.3, 0.4) is 0 Å². The van der Waals surface area contributed by atoms with Gasteiger partial charge in [0.15, 0.2) is 0 Å². The highest BCUT2D eigenvalue weighted by molar-refractivity contribution is 5.80. The number of carbonyl (C=O) groups is 2. The van der Waals surface area contributed by atoms with Crippen molar-refractivity contribution in [3.05, 3.63) is 0 Å². The molecule has 5 aliphatic rings. The molecule has 34 heavy (non-hydrogen) atoms. The van der Waals surface area contributed by atoms with Crippen LogP contribution in [0.1, 0.15) is 84.5 Å². The first-order valence-electron chi connectivity index (χ1n) is 13.8. The second-order valence-corrected chi connectivity index (χ2v) is 12.7. The molecule has 1 heterocycles. The number of fused-ring (bicyclic) bond motifs is 5. The summed E-state index contributed by atoms with van der Waals surface area (Å²) >= 11 is 0. The van der Waals surface area contributed by atoms with Crippen LogP contribution in [-0.4, -0.2) is 59.9 Å². The first-order chi connectivity index (χ1) is 16.1. The van der Waals surface area contributed by atoms with E-state index in [1.54, 1.807) is 11.9 Å². The maximum atomic E-state index is 12.7. The van der Waals surface area contributed by atoms with Crippen LogP contribution >= 0.6 is 0 Å². The van der Waals surface area contributed by atoms with Gasteiger partial charge in [0.1, 0.15) is 6.10 Å². The van der Waals surface area contributed by atoms with Crippen molar-refractivity contribution in [3.8, 4) is 0 Å². The minimum absolute atomic E-state index is 0.0222. The molecule has 5 rings (SSSR count). The van der Waals surface area contributed by atoms with Crippen LogP contribution in [0.15, 0.2) is 0 Å². The van der Waals surface area contributed by atoms with E-state index < -0.39 is 6.10 Å². The van der Waals surface area contributed by atoms with Crippen molar-refractivity contribution in [2.75, 3.05) is 20.1 Å². The summed E-state index contributed by atoms with van der Waals surface area (Å²) in [4.78, 5) is 27.1. The average Bonchev–Trinajstić information content (AvgIpc) is 3.10. The Kier molecular flexibility index (Phi) is 6.20. The summed E-state index contributed by atoms with van der Waals surface area (Å²) in [7, 11) is 1.75. The third-order valence-corrected chi connectivity index (χ3v) is 11.4. The van der Waals surface area contributed by atoms with Crippen molar-refractivity contribution in [3.63, 3.8) is 0 Å². The molecule has 0 radical (unpaired) electrons. The highest BCUT2D eigenvalue weighted by Crippen LogP contribution is 2.68. The Morgan fingerprint density at radius 2 is 1.82 bits per heavy atom. The Balaban J connectivity index is 1.27. The van der Waals surface area contributed by atoms with Gasteiger partial charge in [-0.1, -0.05) is 13.8 Å². The van der Waals surface area contributed by atoms with Crippen LogP contribution in [0.5, 0.6) is 0 Å². The fourth-order valence-electron chi connectivity index (χ4n) is 9.33. The minimum Gasteiger partial charge on any atom is -0.446 e. The van der Waals surface area contributed by atoms with Crippen LogP contribution < -0.4 is 11.1 Å². The van der Waals surface area contributed by atoms with Crippen molar-refractivity contribution in [2.45, 2.75) is 102 Å². The van der Waals surface area contributed by atoms with Gasteiger partial charge in [-0.3, -0.25) is 4.79 Å². The predicted molar refractivity (Wildman–Crippen MR) is 130 cm³/mol. The number of carbonyl (C=O) groups excluding carboxylic acids is 2. The summed E-state index contributed by atoms with van der Waals surface area (Å²) in [5.74, 6) is 1.79. The van der Waals surface area contributed by atoms with Crippen molar-refractivity contribution in [2.24, 2.45) is 40.2 Å². The largest absolute Gasteiger partial charge is 0.446 e. The van der Waals surface area contributed by atoms with Gasteiger partial charge in [-0.05, 0) is 99.2 Å². The molecule has 0 aromatic heterocycles. The van der Waals surface area contributed by atoms with E-state index in [0.717, 1.165) is 70.6 Å². The third kappa shape index (κ3) is 3.59. The van der Waals surface area contributed by atoms with Crippen molar-refractivity contribution in [1.82, 2.24) is 10.2 Å². The third-order valence-electron chi connectivity index (χ3n) is 11.4. The Hall–Kier alpha value is -1.34. The van der Waals surface area contributed by atoms with Crippen LogP contribution in [0, 0.1) is 34.5 Å². The lowest BCUT2D eigenvalue weighted by molar-refractivity contribution is -0.147. The van der Waals surface area contributed by atoms with Crippen molar-refractivity contribution >= 4 is 12.0 Å². The number of likely N-dealkylation sites (tertiary alicyclic amines) is 1. The molecular weight excluding hydrogens is 430 g/mol. The molecule has 1 unspecified atom stereocenters. The van der Waals surface area contributed by atoms with E-state index in [0.29, 0.717) is 30.8 Å². The summed E-state index contributed by atoms with van der Waals surface area (Å²) in [5.41, 5.74) is 7.17. The number of aliphatic hydroxyl groups excluding tert-OH is 1. The smallest absolute Gasteiger partial charge is 0.410 e. The van der Waals surface area contributed by atoms with E-state index >= 15 is 0 Å². The number of amides is 2. The monoisotopic (exact) mass is 475 g/mol. The van der Waals surface area contributed by atoms with Crippen LogP contribution in [0.25, 0.3) is 0 Å². The molecule has 192 valence electrons. The van der Waals surface area contributed by atoms with Gasteiger partial charge in [0.2, 0.25) is 5.91 Å². The SMILES string of the molecule is CNC(=O)[C@H]1CC[C@]2(N)[C@@H]3CC[C@@H]4C[C@@H](OC(=O)N5CCCC(O)C5)CC[C@]4(C)[C@H]3CC[C@]12C. The summed E-state index contributed by atoms with van der Waals surface area (Å²) in [6.07, 6.45) is 10.1. The highest BCUT2D eigenvalue weighted by Gasteiger charge is 2.67. The standard InChI is InChI=1S/C27H45N3O4/c1-25-11-8-19(34-24(33)30-14-4-5-18(31)16-30)15-17(25)6-7-21-20(25)9-12-26(2)22(23(32)29-3)10-13-27(21,26)28/h17-22,31H,4-16,28H2,1-3H3,(H,29,32)/t17-,18?,19+,20+,21-,22-,25+,26-,27+/m1/s1. The number of rotatable bonds is 2. The molecule has 0 spiro atoms. The number of nitrogens with one attached hydrogen (secondary N) is 1. The lowest BCUT2D eigenvalue weighted by Crippen LogP contribution is -2.67. The Labute approximate surface area is 204 Å². The van der Waals surface area contributed by atoms with Crippen molar-refractivity contribution in [1.29, 1.82) is 0 Å². The first-order valence-corrected chi connectivity index (χ1v) is 13.8. The zero-order chi connectivity index (χ0) is 24.3. The van der Waals surface area contributed by atoms with Gasteiger partial charge in [0, 0.05) is 31.6 Å². The maximum absolute atomic E-state index is 12.7. The number of ether oxygens (including phenoxy) is 1. The molecule has 1 saturated heterocycles. The second kappa shape index (κ2) is 8.65. The van der Waals surface area contributed by atoms with E-state index in [1.165, 1.54) is 0 Å². The molecular formula is C27H45N3O4. The molecule has 4 saturated carbocycles. The predicted octanol–water partition coefficient (Wildman–Crippen LogP) is 3.43. The zero-order valence-corrected chi connectivity index (χ0v) is 21.4. The Bertz CT molecular complexity index is 822. The van der Waals surface area contributed by atoms with Crippen LogP contribution in [-0.2, 0) is 9.53 Å². The summed E-state index contributed by atoms with van der Waals surface area (Å²) in [6.45, 7) is 5.84. The fraction of sp³-hybridized carbons (Fsp3) is 0.926. The molecule has 0 aromatic carbocycles. The highest BCUT2D eigenvalue weighted by atomic mass is 16.6. The number of nitrogens with two attached hydrogens (primary N) is 1. The van der Waals surface area contributed by atoms with Gasteiger partial charge in [-0.15, -0.1) is 0 Å². The molecule has 9 atom stereocenters. The van der Waals surface area contributed by atoms with Crippen molar-refractivity contribution < 1.29 is 19.4 Å². The molecule has 7 heteroatoms. The molecule has 4 aliphatic carbocycles. The van der Waals surface area contributed by atoms with Gasteiger partial charge < -0.3 is 25.8 Å². The molecule has 5 fully saturated rings. The first kappa shape index (κ1) is 24.4. The van der Waals surface area contributed by atoms with Crippen LogP contribution in [0.4, 0.5) is 4.79 Å². The van der Waals surface area contributed by atoms with Gasteiger partial charge in [-0.25, -0.2) is 4.79 Å². The van der Waals surface area contributed by atoms with E-state index in [4.69, 9.17) is 10.5 Å². The normalized spacial score (nSPS) is 48.3. The number of nitrogens with zero attached hydrogens (tertiary/aromatic N) is 1. The number of aliphatic hydroxyl groups is 1. The van der Waals surface area contributed by atoms with E-state index in [1.807, 2.05) is 0 Å². The summed E-state index contributed by atoms with van der Waals surface area (Å²) in [5, 5.41) is 12.8. The van der Waals surface area contributed by atoms with E-state index in [2.05, 4.69) is 19.2 Å². The molecule has 2 amide bonds. The van der Waals surface area contributed by atoms with E-state index in [-0.39, 0.29) is 40.4 Å². The summed E-state index contributed by atoms with van der Waals surface area (Å²) in [6, 6.07) is 0. The number of hydrogen-bond donors (Lipinski definition) is 3. The maximum Gasteiger partial charge on any atom is 0.410 e. The number of piperidine rings is 1. The lowest BCUT2D eigenvalue weighted by Gasteiger charge is -2.64. The molecule has 0 aromatic rings.